The molecular weight excluding hydrogens is 278 g/mol. The molecule has 0 aliphatic rings. The van der Waals surface area contributed by atoms with E-state index in [2.05, 4.69) is 5.32 Å². The Balaban J connectivity index is 2.74. The molecular formula is C13H15N3O5. The van der Waals surface area contributed by atoms with Crippen LogP contribution in [-0.2, 0) is 9.59 Å². The summed E-state index contributed by atoms with van der Waals surface area (Å²) in [6.07, 6.45) is -0.256. The van der Waals surface area contributed by atoms with Gasteiger partial charge in [0.25, 0.3) is 5.91 Å². The number of rotatable bonds is 7. The van der Waals surface area contributed by atoms with Gasteiger partial charge in [0.1, 0.15) is 6.04 Å². The van der Waals surface area contributed by atoms with Crippen molar-refractivity contribution in [2.24, 2.45) is 11.5 Å². The van der Waals surface area contributed by atoms with Crippen LogP contribution in [0.5, 0.6) is 0 Å². The van der Waals surface area contributed by atoms with Crippen LogP contribution in [-0.4, -0.2) is 34.8 Å². The highest BCUT2D eigenvalue weighted by molar-refractivity contribution is 5.98. The summed E-state index contributed by atoms with van der Waals surface area (Å²) in [4.78, 5) is 44.4. The van der Waals surface area contributed by atoms with Gasteiger partial charge in [-0.3, -0.25) is 14.4 Å². The molecule has 8 nitrogen and oxygen atoms in total. The van der Waals surface area contributed by atoms with Crippen LogP contribution in [0.2, 0.25) is 0 Å². The summed E-state index contributed by atoms with van der Waals surface area (Å²) in [6.45, 7) is 0. The van der Waals surface area contributed by atoms with Gasteiger partial charge in [-0.25, -0.2) is 4.79 Å². The van der Waals surface area contributed by atoms with Crippen molar-refractivity contribution in [2.75, 3.05) is 0 Å². The van der Waals surface area contributed by atoms with E-state index in [1.54, 1.807) is 0 Å². The van der Waals surface area contributed by atoms with E-state index in [1.165, 1.54) is 24.3 Å². The summed E-state index contributed by atoms with van der Waals surface area (Å²) >= 11 is 0. The molecule has 1 rings (SSSR count). The smallest absolute Gasteiger partial charge is 0.326 e. The average molecular weight is 293 g/mol. The minimum atomic E-state index is -1.27. The predicted octanol–water partition coefficient (Wildman–Crippen LogP) is -0.766. The number of carbonyl (C=O) groups is 4. The number of primary amides is 2. The Morgan fingerprint density at radius 2 is 1.57 bits per heavy atom. The van der Waals surface area contributed by atoms with Crippen LogP contribution in [0.25, 0.3) is 0 Å². The monoisotopic (exact) mass is 293 g/mol. The molecule has 0 bridgehead atoms. The van der Waals surface area contributed by atoms with Crippen LogP contribution < -0.4 is 16.8 Å². The lowest BCUT2D eigenvalue weighted by molar-refractivity contribution is -0.139. The maximum Gasteiger partial charge on any atom is 0.326 e. The van der Waals surface area contributed by atoms with Gasteiger partial charge in [0.05, 0.1) is 0 Å². The first-order valence-electron chi connectivity index (χ1n) is 6.03. The largest absolute Gasteiger partial charge is 0.480 e. The predicted molar refractivity (Wildman–Crippen MR) is 72.3 cm³/mol. The lowest BCUT2D eigenvalue weighted by Gasteiger charge is -2.13. The van der Waals surface area contributed by atoms with E-state index in [0.717, 1.165) is 0 Å². The fourth-order valence-electron chi connectivity index (χ4n) is 1.57. The highest BCUT2D eigenvalue weighted by Gasteiger charge is 2.21. The number of hydrogen-bond acceptors (Lipinski definition) is 4. The average Bonchev–Trinajstić information content (AvgIpc) is 2.42. The SMILES string of the molecule is NC(=O)CC[C@H](NC(=O)c1ccc(C(N)=O)cc1)C(=O)O. The zero-order valence-electron chi connectivity index (χ0n) is 11.0. The molecule has 0 aliphatic heterocycles. The van der Waals surface area contributed by atoms with Crippen LogP contribution in [0.15, 0.2) is 24.3 Å². The van der Waals surface area contributed by atoms with Crippen LogP contribution in [0, 0.1) is 0 Å². The first kappa shape index (κ1) is 16.2. The Hall–Kier alpha value is -2.90. The van der Waals surface area contributed by atoms with Crippen molar-refractivity contribution in [3.05, 3.63) is 35.4 Å². The van der Waals surface area contributed by atoms with E-state index in [0.29, 0.717) is 0 Å². The van der Waals surface area contributed by atoms with Crippen LogP contribution >= 0.6 is 0 Å². The first-order chi connectivity index (χ1) is 9.81. The molecule has 0 fully saturated rings. The molecule has 0 unspecified atom stereocenters. The number of nitrogens with one attached hydrogen (secondary N) is 1. The van der Waals surface area contributed by atoms with Crippen molar-refractivity contribution in [1.82, 2.24) is 5.32 Å². The van der Waals surface area contributed by atoms with Crippen LogP contribution in [0.3, 0.4) is 0 Å². The minimum Gasteiger partial charge on any atom is -0.480 e. The second kappa shape index (κ2) is 7.04. The van der Waals surface area contributed by atoms with Gasteiger partial charge in [-0.1, -0.05) is 0 Å². The summed E-state index contributed by atoms with van der Waals surface area (Å²) in [6, 6.07) is 4.19. The van der Waals surface area contributed by atoms with E-state index < -0.39 is 29.7 Å². The fourth-order valence-corrected chi connectivity index (χ4v) is 1.57. The van der Waals surface area contributed by atoms with Gasteiger partial charge < -0.3 is 21.9 Å². The second-order valence-corrected chi connectivity index (χ2v) is 4.31. The van der Waals surface area contributed by atoms with Gasteiger partial charge in [-0.15, -0.1) is 0 Å². The molecule has 0 heterocycles. The Bertz CT molecular complexity index is 568. The van der Waals surface area contributed by atoms with Crippen molar-refractivity contribution >= 4 is 23.7 Å². The van der Waals surface area contributed by atoms with Gasteiger partial charge in [-0.2, -0.15) is 0 Å². The van der Waals surface area contributed by atoms with E-state index in [9.17, 15) is 19.2 Å². The first-order valence-corrected chi connectivity index (χ1v) is 6.03. The molecule has 1 aromatic rings. The third-order valence-electron chi connectivity index (χ3n) is 2.71. The number of carboxylic acids is 1. The maximum atomic E-state index is 11.9. The normalized spacial score (nSPS) is 11.4. The highest BCUT2D eigenvalue weighted by Crippen LogP contribution is 2.06. The topological polar surface area (TPSA) is 153 Å². The third kappa shape index (κ3) is 4.94. The lowest BCUT2D eigenvalue weighted by Crippen LogP contribution is -2.41. The zero-order valence-corrected chi connectivity index (χ0v) is 11.0. The van der Waals surface area contributed by atoms with Crippen molar-refractivity contribution in [2.45, 2.75) is 18.9 Å². The van der Waals surface area contributed by atoms with E-state index in [4.69, 9.17) is 16.6 Å². The third-order valence-corrected chi connectivity index (χ3v) is 2.71. The highest BCUT2D eigenvalue weighted by atomic mass is 16.4. The lowest BCUT2D eigenvalue weighted by atomic mass is 10.1. The van der Waals surface area contributed by atoms with Crippen molar-refractivity contribution in [3.8, 4) is 0 Å². The molecule has 3 amide bonds. The van der Waals surface area contributed by atoms with Crippen molar-refractivity contribution in [3.63, 3.8) is 0 Å². The number of aliphatic carboxylic acids is 1. The number of carbonyl (C=O) groups excluding carboxylic acids is 3. The van der Waals surface area contributed by atoms with Gasteiger partial charge >= 0.3 is 5.97 Å². The van der Waals surface area contributed by atoms with Gasteiger partial charge in [0.2, 0.25) is 11.8 Å². The van der Waals surface area contributed by atoms with Gasteiger partial charge in [0, 0.05) is 17.5 Å². The standard InChI is InChI=1S/C13H15N3O5/c14-10(17)6-5-9(13(20)21)16-12(19)8-3-1-7(2-4-8)11(15)18/h1-4,9H,5-6H2,(H2,14,17)(H2,15,18)(H,16,19)(H,20,21)/t9-/m0/s1. The second-order valence-electron chi connectivity index (χ2n) is 4.31. The zero-order chi connectivity index (χ0) is 16.0. The Kier molecular flexibility index (Phi) is 5.41. The summed E-state index contributed by atoms with van der Waals surface area (Å²) in [5, 5.41) is 11.2. The fraction of sp³-hybridized carbons (Fsp3) is 0.231. The van der Waals surface area contributed by atoms with Gasteiger partial charge in [0.15, 0.2) is 0 Å². The molecule has 6 N–H and O–H groups in total. The number of amides is 3. The number of benzene rings is 1. The molecule has 8 heteroatoms. The van der Waals surface area contributed by atoms with Gasteiger partial charge in [-0.05, 0) is 30.7 Å². The molecule has 0 spiro atoms. The van der Waals surface area contributed by atoms with Crippen LogP contribution in [0.1, 0.15) is 33.6 Å². The quantitative estimate of drug-likeness (QED) is 0.520. The molecule has 0 saturated heterocycles. The summed E-state index contributed by atoms with van der Waals surface area (Å²) in [5.41, 5.74) is 10.4. The summed E-state index contributed by atoms with van der Waals surface area (Å²) in [5.74, 6) is -3.19. The van der Waals surface area contributed by atoms with Crippen molar-refractivity contribution < 1.29 is 24.3 Å². The molecule has 112 valence electrons. The summed E-state index contributed by atoms with van der Waals surface area (Å²) < 4.78 is 0. The molecule has 21 heavy (non-hydrogen) atoms. The van der Waals surface area contributed by atoms with Crippen LogP contribution in [0.4, 0.5) is 0 Å². The molecule has 0 aliphatic carbocycles. The Morgan fingerprint density at radius 3 is 2.00 bits per heavy atom. The Morgan fingerprint density at radius 1 is 1.05 bits per heavy atom. The maximum absolute atomic E-state index is 11.9. The van der Waals surface area contributed by atoms with E-state index in [-0.39, 0.29) is 24.0 Å². The molecule has 1 atom stereocenters. The number of hydrogen-bond donors (Lipinski definition) is 4. The summed E-state index contributed by atoms with van der Waals surface area (Å²) in [7, 11) is 0. The number of carboxylic acid groups (broad SMARTS) is 1. The molecule has 0 aromatic heterocycles. The minimum absolute atomic E-state index is 0.101. The molecule has 0 radical (unpaired) electrons. The van der Waals surface area contributed by atoms with Crippen molar-refractivity contribution in [1.29, 1.82) is 0 Å². The van der Waals surface area contributed by atoms with E-state index >= 15 is 0 Å². The number of nitrogens with two attached hydrogens (primary N) is 2. The van der Waals surface area contributed by atoms with E-state index in [1.807, 2.05) is 0 Å². The Labute approximate surface area is 120 Å². The molecule has 1 aromatic carbocycles. The molecule has 0 saturated carbocycles.